The van der Waals surface area contributed by atoms with Crippen LogP contribution in [-0.4, -0.2) is 82.7 Å². The number of esters is 2. The third-order valence-electron chi connectivity index (χ3n) is 21.4. The molecule has 0 aromatic carbocycles. The summed E-state index contributed by atoms with van der Waals surface area (Å²) in [7, 11) is -2.38. The highest BCUT2D eigenvalue weighted by molar-refractivity contribution is 6.75. The number of allylic oxidation sites excluding steroid dienone is 5. The fraction of sp³-hybridized carbons (Fsp3) is 0.839. The van der Waals surface area contributed by atoms with Gasteiger partial charge in [0.1, 0.15) is 6.67 Å². The standard InChI is InChI=1S/C56H91FN2O6Si/c1-15-63-47(61)55(48(62)64-16-2)31-34-59(35-32-55)36-33-58-56-28-21-40(38(3)4)45(56)42-17-18-44-51(10)24-22-41(50(8,9)43(51)23-25-53(44,12)52(42,11)29-30-56)39-19-26-54(37-57,27-20-39)46(60)65-66(13,14)49(5,6)7/h19,22,40,42-45,58H,3,15-18,20-21,23-37H2,1-2,4-14H3. The zero-order valence-corrected chi connectivity index (χ0v) is 44.9. The van der Waals surface area contributed by atoms with E-state index >= 15 is 4.39 Å². The van der Waals surface area contributed by atoms with Crippen LogP contribution >= 0.6 is 0 Å². The molecule has 1 N–H and O–H groups in total. The molecule has 0 radical (unpaired) electrons. The molecule has 66 heavy (non-hydrogen) atoms. The van der Waals surface area contributed by atoms with E-state index in [1.807, 2.05) is 0 Å². The first-order chi connectivity index (χ1) is 30.8. The highest BCUT2D eigenvalue weighted by atomic mass is 28.4. The topological polar surface area (TPSA) is 94.2 Å². The van der Waals surface area contributed by atoms with E-state index in [-0.39, 0.29) is 51.4 Å². The first-order valence-electron chi connectivity index (χ1n) is 26.4. The summed E-state index contributed by atoms with van der Waals surface area (Å²) in [5.41, 5.74) is 2.55. The molecule has 10 unspecified atom stereocenters. The number of nitrogens with one attached hydrogen (secondary N) is 1. The zero-order chi connectivity index (χ0) is 48.5. The maximum absolute atomic E-state index is 15.0. The van der Waals surface area contributed by atoms with Gasteiger partial charge in [-0.15, -0.1) is 0 Å². The van der Waals surface area contributed by atoms with Crippen molar-refractivity contribution >= 4 is 26.2 Å². The second-order valence-electron chi connectivity index (χ2n) is 25.7. The minimum Gasteiger partial charge on any atom is -0.519 e. The summed E-state index contributed by atoms with van der Waals surface area (Å²) in [5, 5.41) is 4.16. The average Bonchev–Trinajstić information content (AvgIpc) is 3.64. The van der Waals surface area contributed by atoms with E-state index in [2.05, 4.69) is 104 Å². The Labute approximate surface area is 401 Å². The van der Waals surface area contributed by atoms with Gasteiger partial charge in [-0.2, -0.15) is 0 Å². The Morgan fingerprint density at radius 2 is 1.47 bits per heavy atom. The summed E-state index contributed by atoms with van der Waals surface area (Å²) < 4.78 is 32.1. The minimum atomic E-state index is -2.38. The van der Waals surface area contributed by atoms with Crippen LogP contribution in [-0.2, 0) is 28.3 Å². The highest BCUT2D eigenvalue weighted by Gasteiger charge is 2.70. The Hall–Kier alpha value is -2.30. The Morgan fingerprint density at radius 3 is 2.03 bits per heavy atom. The molecule has 0 aromatic heterocycles. The van der Waals surface area contributed by atoms with Crippen molar-refractivity contribution in [3.8, 4) is 0 Å². The average molecular weight is 935 g/mol. The lowest BCUT2D eigenvalue weighted by Crippen LogP contribution is -2.68. The number of likely N-dealkylation sites (tertiary alicyclic amines) is 1. The first kappa shape index (κ1) is 51.5. The number of piperidine rings is 1. The van der Waals surface area contributed by atoms with Crippen molar-refractivity contribution in [3.63, 3.8) is 0 Å². The number of halogens is 1. The second-order valence-corrected chi connectivity index (χ2v) is 30.4. The lowest BCUT2D eigenvalue weighted by molar-refractivity contribution is -0.221. The molecule has 8 nitrogen and oxygen atoms in total. The summed E-state index contributed by atoms with van der Waals surface area (Å²) in [5.74, 6) is 1.68. The molecule has 0 aromatic rings. The smallest absolute Gasteiger partial charge is 0.323 e. The summed E-state index contributed by atoms with van der Waals surface area (Å²) in [6, 6.07) is 0. The molecule has 4 saturated carbocycles. The third-order valence-corrected chi connectivity index (χ3v) is 25.7. The van der Waals surface area contributed by atoms with Gasteiger partial charge in [0.05, 0.1) is 18.6 Å². The van der Waals surface area contributed by atoms with Crippen LogP contribution < -0.4 is 5.32 Å². The first-order valence-corrected chi connectivity index (χ1v) is 29.4. The molecule has 6 aliphatic carbocycles. The van der Waals surface area contributed by atoms with E-state index in [4.69, 9.17) is 13.9 Å². The van der Waals surface area contributed by atoms with E-state index in [9.17, 15) is 14.4 Å². The van der Waals surface area contributed by atoms with Crippen LogP contribution in [0.2, 0.25) is 18.1 Å². The van der Waals surface area contributed by atoms with Gasteiger partial charge in [-0.3, -0.25) is 14.4 Å². The Bertz CT molecular complexity index is 1930. The van der Waals surface area contributed by atoms with Gasteiger partial charge >= 0.3 is 17.9 Å². The summed E-state index contributed by atoms with van der Waals surface area (Å²) in [6.45, 7) is 37.1. The highest BCUT2D eigenvalue weighted by Crippen LogP contribution is 2.76. The molecule has 10 heteroatoms. The van der Waals surface area contributed by atoms with Crippen LogP contribution in [0.1, 0.15) is 166 Å². The maximum atomic E-state index is 15.0. The predicted molar refractivity (Wildman–Crippen MR) is 266 cm³/mol. The van der Waals surface area contributed by atoms with Crippen LogP contribution in [0.5, 0.6) is 0 Å². The van der Waals surface area contributed by atoms with Gasteiger partial charge in [0.2, 0.25) is 0 Å². The maximum Gasteiger partial charge on any atom is 0.323 e. The van der Waals surface area contributed by atoms with Gasteiger partial charge in [0.15, 0.2) is 5.41 Å². The largest absolute Gasteiger partial charge is 0.519 e. The Balaban J connectivity index is 1.06. The fourth-order valence-corrected chi connectivity index (χ4v) is 17.2. The van der Waals surface area contributed by atoms with Gasteiger partial charge < -0.3 is 24.1 Å². The van der Waals surface area contributed by atoms with Gasteiger partial charge in [0, 0.05) is 18.6 Å². The van der Waals surface area contributed by atoms with Gasteiger partial charge in [-0.05, 0) is 204 Å². The zero-order valence-electron chi connectivity index (χ0n) is 43.9. The van der Waals surface area contributed by atoms with Crippen LogP contribution in [0.25, 0.3) is 0 Å². The number of fused-ring (bicyclic) bond motifs is 7. The van der Waals surface area contributed by atoms with Gasteiger partial charge in [0.25, 0.3) is 8.32 Å². The normalized spacial score (nSPS) is 38.6. The van der Waals surface area contributed by atoms with Crippen molar-refractivity contribution in [2.24, 2.45) is 62.1 Å². The minimum absolute atomic E-state index is 0.0229. The van der Waals surface area contributed by atoms with Gasteiger partial charge in [-0.1, -0.05) is 79.7 Å². The molecular formula is C56H91FN2O6Si. The van der Waals surface area contributed by atoms with E-state index in [1.165, 1.54) is 68.1 Å². The molecule has 5 fully saturated rings. The van der Waals surface area contributed by atoms with Crippen LogP contribution in [0.4, 0.5) is 4.39 Å². The number of carbonyl (C=O) groups excluding carboxylic acids is 3. The molecule has 7 rings (SSSR count). The van der Waals surface area contributed by atoms with Crippen LogP contribution in [0.15, 0.2) is 35.5 Å². The molecule has 1 heterocycles. The van der Waals surface area contributed by atoms with Crippen LogP contribution in [0.3, 0.4) is 0 Å². The number of nitrogens with zero attached hydrogens (tertiary/aromatic N) is 1. The van der Waals surface area contributed by atoms with E-state index in [1.54, 1.807) is 13.8 Å². The second kappa shape index (κ2) is 18.1. The van der Waals surface area contributed by atoms with Crippen molar-refractivity contribution in [1.82, 2.24) is 10.2 Å². The van der Waals surface area contributed by atoms with Crippen LogP contribution in [0, 0.1) is 62.1 Å². The number of hydrogen-bond donors (Lipinski definition) is 1. The molecule has 0 amide bonds. The summed E-state index contributed by atoms with van der Waals surface area (Å²) >= 11 is 0. The molecule has 0 bridgehead atoms. The predicted octanol–water partition coefficient (Wildman–Crippen LogP) is 12.3. The molecule has 7 aliphatic rings. The number of rotatable bonds is 13. The van der Waals surface area contributed by atoms with E-state index < -0.39 is 37.8 Å². The monoisotopic (exact) mass is 935 g/mol. The Morgan fingerprint density at radius 1 is 0.818 bits per heavy atom. The van der Waals surface area contributed by atoms with Crippen molar-refractivity contribution in [1.29, 1.82) is 0 Å². The van der Waals surface area contributed by atoms with Crippen molar-refractivity contribution < 1.29 is 32.7 Å². The SMILES string of the molecule is C=C(C)C1CCC2(NCCN3CCC(C(=O)OCC)(C(=O)OCC)CC3)CCC3(C)C(CCC4C5(C)CC=C(C6=CCC(CF)(C(=O)O[Si](C)(C)C(C)(C)C)CC6)C(C)(C)C5CCC43C)C12. The van der Waals surface area contributed by atoms with Crippen molar-refractivity contribution in [2.75, 3.05) is 46.1 Å². The number of carbonyl (C=O) groups is 3. The van der Waals surface area contributed by atoms with Gasteiger partial charge in [-0.25, -0.2) is 4.39 Å². The van der Waals surface area contributed by atoms with E-state index in [0.717, 1.165) is 25.9 Å². The number of ether oxygens (including phenoxy) is 2. The number of hydrogen-bond acceptors (Lipinski definition) is 8. The molecular weight excluding hydrogens is 844 g/mol. The summed E-state index contributed by atoms with van der Waals surface area (Å²) in [4.78, 5) is 42.4. The molecule has 0 spiro atoms. The molecule has 372 valence electrons. The molecule has 1 saturated heterocycles. The lowest BCUT2D eigenvalue weighted by atomic mass is 9.33. The Kier molecular flexibility index (Phi) is 14.2. The lowest BCUT2D eigenvalue weighted by Gasteiger charge is -2.72. The fourth-order valence-electron chi connectivity index (χ4n) is 16.3. The molecule has 10 atom stereocenters. The third kappa shape index (κ3) is 8.18. The summed E-state index contributed by atoms with van der Waals surface area (Å²) in [6.07, 6.45) is 18.3. The van der Waals surface area contributed by atoms with Crippen molar-refractivity contribution in [2.45, 2.75) is 190 Å². The quantitative estimate of drug-likeness (QED) is 0.0845. The van der Waals surface area contributed by atoms with E-state index in [0.29, 0.717) is 68.4 Å². The van der Waals surface area contributed by atoms with Crippen molar-refractivity contribution in [3.05, 3.63) is 35.5 Å². The number of alkyl halides is 1. The molecule has 1 aliphatic heterocycles.